The van der Waals surface area contributed by atoms with E-state index in [2.05, 4.69) is 20.5 Å². The maximum Gasteiger partial charge on any atom is 0.255 e. The van der Waals surface area contributed by atoms with Crippen LogP contribution in [0.3, 0.4) is 0 Å². The lowest BCUT2D eigenvalue weighted by Gasteiger charge is -2.08. The lowest BCUT2D eigenvalue weighted by atomic mass is 10.1. The summed E-state index contributed by atoms with van der Waals surface area (Å²) in [6.45, 7) is 3.95. The second-order valence-electron chi connectivity index (χ2n) is 6.59. The highest BCUT2D eigenvalue weighted by atomic mass is 19.1. The molecular formula is C21H19FN6O. The molecule has 0 radical (unpaired) electrons. The van der Waals surface area contributed by atoms with Crippen LogP contribution in [0.5, 0.6) is 0 Å². The van der Waals surface area contributed by atoms with Gasteiger partial charge in [0.15, 0.2) is 5.82 Å². The number of rotatable bonds is 5. The zero-order valence-corrected chi connectivity index (χ0v) is 16.0. The van der Waals surface area contributed by atoms with E-state index < -0.39 is 0 Å². The monoisotopic (exact) mass is 390 g/mol. The fraction of sp³-hybridized carbons (Fsp3) is 0.143. The molecule has 3 aromatic heterocycles. The summed E-state index contributed by atoms with van der Waals surface area (Å²) in [5, 5.41) is 11.5. The molecule has 4 aromatic rings. The number of nitrogens with one attached hydrogen (secondary N) is 1. The van der Waals surface area contributed by atoms with Gasteiger partial charge in [0.1, 0.15) is 5.82 Å². The van der Waals surface area contributed by atoms with Crippen molar-refractivity contribution in [2.75, 3.05) is 0 Å². The van der Waals surface area contributed by atoms with E-state index in [4.69, 9.17) is 0 Å². The number of aryl methyl sites for hydroxylation is 1. The quantitative estimate of drug-likeness (QED) is 0.568. The molecule has 29 heavy (non-hydrogen) atoms. The fourth-order valence-electron chi connectivity index (χ4n) is 3.18. The molecule has 1 amide bonds. The number of carbonyl (C=O) groups excluding carboxylic acids is 1. The van der Waals surface area contributed by atoms with E-state index in [9.17, 15) is 9.18 Å². The van der Waals surface area contributed by atoms with E-state index in [1.165, 1.54) is 12.1 Å². The van der Waals surface area contributed by atoms with Crippen LogP contribution in [-0.2, 0) is 6.54 Å². The van der Waals surface area contributed by atoms with E-state index in [0.717, 1.165) is 5.56 Å². The van der Waals surface area contributed by atoms with Gasteiger partial charge in [0, 0.05) is 25.1 Å². The van der Waals surface area contributed by atoms with Gasteiger partial charge in [0.2, 0.25) is 0 Å². The molecule has 0 aliphatic rings. The molecule has 4 rings (SSSR count). The number of nitrogens with zero attached hydrogens (tertiary/aromatic N) is 5. The van der Waals surface area contributed by atoms with Gasteiger partial charge in [-0.15, -0.1) is 0 Å². The van der Waals surface area contributed by atoms with Crippen LogP contribution in [-0.4, -0.2) is 30.5 Å². The number of hydrogen-bond acceptors (Lipinski definition) is 4. The molecule has 1 aromatic carbocycles. The third-order valence-corrected chi connectivity index (χ3v) is 4.59. The molecule has 8 heteroatoms. The normalized spacial score (nSPS) is 10.9. The third kappa shape index (κ3) is 3.77. The number of pyridine rings is 1. The Bertz CT molecular complexity index is 1150. The first-order valence-electron chi connectivity index (χ1n) is 9.08. The maximum absolute atomic E-state index is 13.2. The molecule has 0 atom stereocenters. The van der Waals surface area contributed by atoms with Crippen molar-refractivity contribution in [2.24, 2.45) is 0 Å². The number of halogens is 1. The lowest BCUT2D eigenvalue weighted by Crippen LogP contribution is -2.24. The standard InChI is InChI=1S/C21H19FN6O/c1-14-20(15(2)28(26-14)18-6-4-17(22)5-7-18)21(29)24-13-16-8-10-23-19(12-16)27-11-3-9-25-27/h3-12H,13H2,1-2H3,(H,24,29). The van der Waals surface area contributed by atoms with Gasteiger partial charge < -0.3 is 5.32 Å². The summed E-state index contributed by atoms with van der Waals surface area (Å²) in [5.74, 6) is 0.143. The van der Waals surface area contributed by atoms with Crippen molar-refractivity contribution in [1.29, 1.82) is 0 Å². The van der Waals surface area contributed by atoms with Crippen LogP contribution in [0.2, 0.25) is 0 Å². The average molecular weight is 390 g/mol. The Kier molecular flexibility index (Phi) is 4.90. The number of benzene rings is 1. The van der Waals surface area contributed by atoms with Gasteiger partial charge in [0.25, 0.3) is 5.91 Å². The third-order valence-electron chi connectivity index (χ3n) is 4.59. The van der Waals surface area contributed by atoms with E-state index in [1.807, 2.05) is 25.1 Å². The summed E-state index contributed by atoms with van der Waals surface area (Å²) in [7, 11) is 0. The van der Waals surface area contributed by atoms with Gasteiger partial charge in [-0.1, -0.05) is 0 Å². The predicted octanol–water partition coefficient (Wildman–Crippen LogP) is 3.14. The lowest BCUT2D eigenvalue weighted by molar-refractivity contribution is 0.0949. The summed E-state index contributed by atoms with van der Waals surface area (Å²) in [6, 6.07) is 11.5. The van der Waals surface area contributed by atoms with E-state index in [0.29, 0.717) is 35.0 Å². The smallest absolute Gasteiger partial charge is 0.255 e. The molecule has 0 spiro atoms. The summed E-state index contributed by atoms with van der Waals surface area (Å²) >= 11 is 0. The highest BCUT2D eigenvalue weighted by molar-refractivity contribution is 5.96. The van der Waals surface area contributed by atoms with Crippen LogP contribution in [0.25, 0.3) is 11.5 Å². The highest BCUT2D eigenvalue weighted by Gasteiger charge is 2.19. The van der Waals surface area contributed by atoms with Crippen LogP contribution in [0, 0.1) is 19.7 Å². The molecule has 3 heterocycles. The largest absolute Gasteiger partial charge is 0.348 e. The van der Waals surface area contributed by atoms with Gasteiger partial charge in [0.05, 0.1) is 22.6 Å². The second kappa shape index (κ2) is 7.67. The molecule has 0 bridgehead atoms. The van der Waals surface area contributed by atoms with Crippen LogP contribution < -0.4 is 5.32 Å². The molecule has 0 fully saturated rings. The van der Waals surface area contributed by atoms with Gasteiger partial charge in [-0.05, 0) is 61.9 Å². The zero-order valence-electron chi connectivity index (χ0n) is 16.0. The fourth-order valence-corrected chi connectivity index (χ4v) is 3.18. The van der Waals surface area contributed by atoms with Crippen LogP contribution in [0.1, 0.15) is 27.3 Å². The van der Waals surface area contributed by atoms with Crippen molar-refractivity contribution in [3.63, 3.8) is 0 Å². The summed E-state index contributed by atoms with van der Waals surface area (Å²) < 4.78 is 16.5. The van der Waals surface area contributed by atoms with Crippen LogP contribution >= 0.6 is 0 Å². The van der Waals surface area contributed by atoms with E-state index in [-0.39, 0.29) is 11.7 Å². The van der Waals surface area contributed by atoms with Crippen LogP contribution in [0.15, 0.2) is 61.1 Å². The van der Waals surface area contributed by atoms with Crippen molar-refractivity contribution in [1.82, 2.24) is 29.9 Å². The van der Waals surface area contributed by atoms with Gasteiger partial charge in [-0.2, -0.15) is 10.2 Å². The Labute approximate surface area is 166 Å². The van der Waals surface area contributed by atoms with Gasteiger partial charge >= 0.3 is 0 Å². The Morgan fingerprint density at radius 3 is 2.66 bits per heavy atom. The minimum atomic E-state index is -0.319. The van der Waals surface area contributed by atoms with Crippen LogP contribution in [0.4, 0.5) is 4.39 Å². The number of hydrogen-bond donors (Lipinski definition) is 1. The van der Waals surface area contributed by atoms with E-state index >= 15 is 0 Å². The van der Waals surface area contributed by atoms with Crippen molar-refractivity contribution < 1.29 is 9.18 Å². The Morgan fingerprint density at radius 1 is 1.14 bits per heavy atom. The molecule has 0 saturated carbocycles. The minimum absolute atomic E-state index is 0.217. The first-order valence-corrected chi connectivity index (χ1v) is 9.08. The minimum Gasteiger partial charge on any atom is -0.348 e. The molecule has 0 saturated heterocycles. The summed E-state index contributed by atoms with van der Waals surface area (Å²) in [4.78, 5) is 17.1. The molecule has 7 nitrogen and oxygen atoms in total. The Balaban J connectivity index is 1.52. The van der Waals surface area contributed by atoms with E-state index in [1.54, 1.807) is 47.0 Å². The Morgan fingerprint density at radius 2 is 1.93 bits per heavy atom. The van der Waals surface area contributed by atoms with Gasteiger partial charge in [-0.3, -0.25) is 4.79 Å². The second-order valence-corrected chi connectivity index (χ2v) is 6.59. The average Bonchev–Trinajstić information content (AvgIpc) is 3.35. The summed E-state index contributed by atoms with van der Waals surface area (Å²) in [6.07, 6.45) is 5.17. The topological polar surface area (TPSA) is 77.6 Å². The molecule has 0 aliphatic heterocycles. The molecular weight excluding hydrogens is 371 g/mol. The summed E-state index contributed by atoms with van der Waals surface area (Å²) in [5.41, 5.74) is 3.41. The maximum atomic E-state index is 13.2. The van der Waals surface area contributed by atoms with Crippen molar-refractivity contribution in [3.05, 3.63) is 89.4 Å². The molecule has 1 N–H and O–H groups in total. The van der Waals surface area contributed by atoms with Crippen molar-refractivity contribution >= 4 is 5.91 Å². The number of aromatic nitrogens is 5. The molecule has 0 aliphatic carbocycles. The zero-order chi connectivity index (χ0) is 20.4. The predicted molar refractivity (Wildman–Crippen MR) is 106 cm³/mol. The highest BCUT2D eigenvalue weighted by Crippen LogP contribution is 2.18. The van der Waals surface area contributed by atoms with Crippen molar-refractivity contribution in [2.45, 2.75) is 20.4 Å². The SMILES string of the molecule is Cc1nn(-c2ccc(F)cc2)c(C)c1C(=O)NCc1ccnc(-n2cccn2)c1. The van der Waals surface area contributed by atoms with Gasteiger partial charge in [-0.25, -0.2) is 18.7 Å². The number of amides is 1. The first kappa shape index (κ1) is 18.5. The molecule has 0 unspecified atom stereocenters. The Hall–Kier alpha value is -3.81. The number of carbonyl (C=O) groups is 1. The molecule has 146 valence electrons. The van der Waals surface area contributed by atoms with Crippen molar-refractivity contribution in [3.8, 4) is 11.5 Å². The first-order chi connectivity index (χ1) is 14.0.